The van der Waals surface area contributed by atoms with Gasteiger partial charge in [-0.25, -0.2) is 0 Å². The Morgan fingerprint density at radius 2 is 1.96 bits per heavy atom. The highest BCUT2D eigenvalue weighted by Crippen LogP contribution is 2.27. The summed E-state index contributed by atoms with van der Waals surface area (Å²) in [6.45, 7) is 0.854. The number of nitrogens with zero attached hydrogens (tertiary/aromatic N) is 1. The number of rotatable bonds is 6. The van der Waals surface area contributed by atoms with Crippen molar-refractivity contribution in [3.05, 3.63) is 88.7 Å². The minimum Gasteiger partial charge on any atom is -0.380 e. The van der Waals surface area contributed by atoms with Crippen molar-refractivity contribution in [2.45, 2.75) is 13.2 Å². The predicted molar refractivity (Wildman–Crippen MR) is 103 cm³/mol. The number of halogens is 1. The van der Waals surface area contributed by atoms with Crippen molar-refractivity contribution in [1.82, 2.24) is 10.3 Å². The van der Waals surface area contributed by atoms with Crippen LogP contribution in [-0.4, -0.2) is 18.0 Å². The molecule has 1 aromatic heterocycles. The highest BCUT2D eigenvalue weighted by Gasteiger charge is 2.11. The molecule has 1 amide bonds. The van der Waals surface area contributed by atoms with Crippen LogP contribution in [0.15, 0.2) is 67.0 Å². The molecule has 0 saturated heterocycles. The molecule has 26 heavy (non-hydrogen) atoms. The summed E-state index contributed by atoms with van der Waals surface area (Å²) in [5.74, 6) is -0.131. The van der Waals surface area contributed by atoms with E-state index >= 15 is 0 Å². The molecule has 2 aromatic carbocycles. The number of pyridine rings is 1. The van der Waals surface area contributed by atoms with Crippen LogP contribution in [0.25, 0.3) is 11.1 Å². The second-order valence-electron chi connectivity index (χ2n) is 5.86. The lowest BCUT2D eigenvalue weighted by atomic mass is 9.97. The highest BCUT2D eigenvalue weighted by molar-refractivity contribution is 6.30. The molecule has 132 valence electrons. The summed E-state index contributed by atoms with van der Waals surface area (Å²) in [4.78, 5) is 16.5. The van der Waals surface area contributed by atoms with E-state index in [2.05, 4.69) is 10.3 Å². The Morgan fingerprint density at radius 3 is 2.65 bits per heavy atom. The van der Waals surface area contributed by atoms with E-state index in [1.807, 2.05) is 54.6 Å². The quantitative estimate of drug-likeness (QED) is 0.699. The van der Waals surface area contributed by atoms with Gasteiger partial charge in [-0.3, -0.25) is 9.78 Å². The van der Waals surface area contributed by atoms with E-state index in [1.54, 1.807) is 19.5 Å². The van der Waals surface area contributed by atoms with Gasteiger partial charge in [0.15, 0.2) is 0 Å². The normalized spacial score (nSPS) is 10.5. The van der Waals surface area contributed by atoms with Gasteiger partial charge in [0.25, 0.3) is 5.91 Å². The largest absolute Gasteiger partial charge is 0.380 e. The number of carbonyl (C=O) groups excluding carboxylic acids is 1. The predicted octanol–water partition coefficient (Wildman–Crippen LogP) is 4.48. The number of nitrogens with one attached hydrogen (secondary N) is 1. The molecule has 0 aliphatic carbocycles. The van der Waals surface area contributed by atoms with Crippen LogP contribution in [0.5, 0.6) is 0 Å². The summed E-state index contributed by atoms with van der Waals surface area (Å²) < 4.78 is 5.31. The summed E-state index contributed by atoms with van der Waals surface area (Å²) >= 11 is 5.97. The average molecular weight is 367 g/mol. The third kappa shape index (κ3) is 4.48. The molecule has 5 heteroatoms. The molecule has 0 aliphatic rings. The van der Waals surface area contributed by atoms with Gasteiger partial charge in [0.05, 0.1) is 6.61 Å². The summed E-state index contributed by atoms with van der Waals surface area (Å²) in [7, 11) is 1.64. The molecule has 3 rings (SSSR count). The minimum absolute atomic E-state index is 0.131. The summed E-state index contributed by atoms with van der Waals surface area (Å²) in [5.41, 5.74) is 4.55. The van der Waals surface area contributed by atoms with Gasteiger partial charge < -0.3 is 10.1 Å². The number of carbonyl (C=O) groups is 1. The van der Waals surface area contributed by atoms with E-state index in [0.717, 1.165) is 22.3 Å². The maximum atomic E-state index is 12.5. The molecule has 3 aromatic rings. The van der Waals surface area contributed by atoms with Gasteiger partial charge >= 0.3 is 0 Å². The van der Waals surface area contributed by atoms with Crippen molar-refractivity contribution >= 4 is 17.5 Å². The Morgan fingerprint density at radius 1 is 1.15 bits per heavy atom. The number of benzene rings is 2. The van der Waals surface area contributed by atoms with Crippen LogP contribution >= 0.6 is 11.6 Å². The molecule has 0 radical (unpaired) electrons. The molecule has 0 atom stereocenters. The third-order valence-corrected chi connectivity index (χ3v) is 4.25. The first kappa shape index (κ1) is 18.1. The second-order valence-corrected chi connectivity index (χ2v) is 6.29. The van der Waals surface area contributed by atoms with Crippen LogP contribution < -0.4 is 5.32 Å². The first-order valence-corrected chi connectivity index (χ1v) is 8.60. The second kappa shape index (κ2) is 8.61. The van der Waals surface area contributed by atoms with E-state index in [1.165, 1.54) is 0 Å². The average Bonchev–Trinajstić information content (AvgIpc) is 2.68. The number of hydrogen-bond donors (Lipinski definition) is 1. The fraction of sp³-hybridized carbons (Fsp3) is 0.143. The molecule has 1 N–H and O–H groups in total. The molecule has 1 heterocycles. The van der Waals surface area contributed by atoms with Gasteiger partial charge in [-0.15, -0.1) is 0 Å². The van der Waals surface area contributed by atoms with Gasteiger partial charge in [-0.1, -0.05) is 35.9 Å². The zero-order valence-corrected chi connectivity index (χ0v) is 15.2. The van der Waals surface area contributed by atoms with E-state index in [9.17, 15) is 4.79 Å². The molecule has 0 saturated carbocycles. The van der Waals surface area contributed by atoms with Gasteiger partial charge in [-0.2, -0.15) is 0 Å². The number of aromatic nitrogens is 1. The van der Waals surface area contributed by atoms with Gasteiger partial charge in [0.2, 0.25) is 0 Å². The van der Waals surface area contributed by atoms with Crippen molar-refractivity contribution in [2.24, 2.45) is 0 Å². The number of amides is 1. The maximum Gasteiger partial charge on any atom is 0.251 e. The first-order chi connectivity index (χ1) is 12.7. The summed E-state index contributed by atoms with van der Waals surface area (Å²) in [5, 5.41) is 3.60. The lowest BCUT2D eigenvalue weighted by Gasteiger charge is -2.12. The summed E-state index contributed by atoms with van der Waals surface area (Å²) in [6.07, 6.45) is 3.44. The monoisotopic (exact) mass is 366 g/mol. The third-order valence-electron chi connectivity index (χ3n) is 4.00. The number of methoxy groups -OCH3 is 1. The van der Waals surface area contributed by atoms with E-state index in [-0.39, 0.29) is 5.91 Å². The lowest BCUT2D eigenvalue weighted by Crippen LogP contribution is -2.23. The molecule has 0 fully saturated rings. The number of ether oxygens (including phenoxy) is 1. The van der Waals surface area contributed by atoms with E-state index in [4.69, 9.17) is 16.3 Å². The van der Waals surface area contributed by atoms with Crippen LogP contribution in [0.3, 0.4) is 0 Å². The van der Waals surface area contributed by atoms with Crippen molar-refractivity contribution < 1.29 is 9.53 Å². The number of hydrogen-bond acceptors (Lipinski definition) is 3. The zero-order chi connectivity index (χ0) is 18.4. The van der Waals surface area contributed by atoms with Crippen LogP contribution in [0, 0.1) is 0 Å². The standard InChI is InChI=1S/C21H19ClN2O2/c1-26-14-18-11-17(21(25)24-13-15-3-2-10-23-12-15)6-9-20(18)16-4-7-19(22)8-5-16/h2-12H,13-14H2,1H3,(H,24,25). The van der Waals surface area contributed by atoms with Crippen LogP contribution in [0.4, 0.5) is 0 Å². The lowest BCUT2D eigenvalue weighted by molar-refractivity contribution is 0.0950. The van der Waals surface area contributed by atoms with Crippen molar-refractivity contribution in [2.75, 3.05) is 7.11 Å². The first-order valence-electron chi connectivity index (χ1n) is 8.22. The molecular weight excluding hydrogens is 348 g/mol. The molecule has 0 bridgehead atoms. The van der Waals surface area contributed by atoms with Crippen molar-refractivity contribution in [1.29, 1.82) is 0 Å². The van der Waals surface area contributed by atoms with Crippen LogP contribution in [-0.2, 0) is 17.9 Å². The van der Waals surface area contributed by atoms with E-state index in [0.29, 0.717) is 23.7 Å². The molecule has 0 aliphatic heterocycles. The Hall–Kier alpha value is -2.69. The van der Waals surface area contributed by atoms with Gasteiger partial charge in [0, 0.05) is 36.6 Å². The Balaban J connectivity index is 1.81. The molecule has 0 spiro atoms. The minimum atomic E-state index is -0.131. The van der Waals surface area contributed by atoms with Gasteiger partial charge in [0.1, 0.15) is 0 Å². The molecule has 4 nitrogen and oxygen atoms in total. The SMILES string of the molecule is COCc1cc(C(=O)NCc2cccnc2)ccc1-c1ccc(Cl)cc1. The molecular formula is C21H19ClN2O2. The van der Waals surface area contributed by atoms with Crippen LogP contribution in [0.2, 0.25) is 5.02 Å². The fourth-order valence-electron chi connectivity index (χ4n) is 2.71. The zero-order valence-electron chi connectivity index (χ0n) is 14.4. The van der Waals surface area contributed by atoms with Crippen LogP contribution in [0.1, 0.15) is 21.5 Å². The Bertz CT molecular complexity index is 880. The maximum absolute atomic E-state index is 12.5. The smallest absolute Gasteiger partial charge is 0.251 e. The fourth-order valence-corrected chi connectivity index (χ4v) is 2.83. The Kier molecular flexibility index (Phi) is 6.00. The van der Waals surface area contributed by atoms with Crippen molar-refractivity contribution in [3.63, 3.8) is 0 Å². The van der Waals surface area contributed by atoms with Gasteiger partial charge in [-0.05, 0) is 52.6 Å². The van der Waals surface area contributed by atoms with Crippen molar-refractivity contribution in [3.8, 4) is 11.1 Å². The van der Waals surface area contributed by atoms with E-state index < -0.39 is 0 Å². The summed E-state index contributed by atoms with van der Waals surface area (Å²) in [6, 6.07) is 17.0. The molecule has 0 unspecified atom stereocenters. The highest BCUT2D eigenvalue weighted by atomic mass is 35.5. The Labute approximate surface area is 157 Å². The topological polar surface area (TPSA) is 51.2 Å².